The van der Waals surface area contributed by atoms with Crippen LogP contribution in [0.25, 0.3) is 11.4 Å². The largest absolute Gasteiger partial charge is 0.324 e. The molecule has 0 aliphatic carbocycles. The van der Waals surface area contributed by atoms with Crippen molar-refractivity contribution in [1.29, 1.82) is 0 Å². The molecule has 28 heavy (non-hydrogen) atoms. The highest BCUT2D eigenvalue weighted by Crippen LogP contribution is 2.28. The van der Waals surface area contributed by atoms with Crippen LogP contribution in [0.1, 0.15) is 29.8 Å². The summed E-state index contributed by atoms with van der Waals surface area (Å²) in [4.78, 5) is 24.4. The maximum absolute atomic E-state index is 12.6. The van der Waals surface area contributed by atoms with E-state index in [2.05, 4.69) is 15.5 Å². The van der Waals surface area contributed by atoms with Crippen molar-refractivity contribution in [1.82, 2.24) is 14.8 Å². The molecule has 1 atom stereocenters. The van der Waals surface area contributed by atoms with Gasteiger partial charge in [-0.1, -0.05) is 48.2 Å². The van der Waals surface area contributed by atoms with Gasteiger partial charge in [-0.05, 0) is 38.5 Å². The number of carbonyl (C=O) groups is 2. The van der Waals surface area contributed by atoms with E-state index in [0.29, 0.717) is 16.4 Å². The van der Waals surface area contributed by atoms with Crippen molar-refractivity contribution in [2.75, 3.05) is 5.32 Å². The molecule has 0 radical (unpaired) electrons. The number of anilines is 1. The number of hydrogen-bond donors (Lipinski definition) is 1. The molecule has 0 aliphatic rings. The minimum absolute atomic E-state index is 0.0904. The highest BCUT2D eigenvalue weighted by Gasteiger charge is 2.21. The molecule has 0 bridgehead atoms. The number of nitrogens with one attached hydrogen (secondary N) is 1. The predicted octanol–water partition coefficient (Wildman–Crippen LogP) is 4.11. The van der Waals surface area contributed by atoms with E-state index in [0.717, 1.165) is 17.0 Å². The lowest BCUT2D eigenvalue weighted by molar-refractivity contribution is -0.115. The molecular weight excluding hydrogens is 372 g/mol. The first kappa shape index (κ1) is 19.8. The number of aromatic nitrogens is 3. The summed E-state index contributed by atoms with van der Waals surface area (Å²) in [6.45, 7) is 5.31. The number of rotatable bonds is 6. The number of Topliss-reactive ketones (excluding diaryl/α,β-unsaturated/α-hetero) is 1. The molecule has 7 heteroatoms. The van der Waals surface area contributed by atoms with Crippen LogP contribution in [0.2, 0.25) is 0 Å². The minimum Gasteiger partial charge on any atom is -0.324 e. The molecule has 0 saturated heterocycles. The number of nitrogens with zero attached hydrogens (tertiary/aromatic N) is 3. The molecule has 3 rings (SSSR count). The Hall–Kier alpha value is -2.93. The Balaban J connectivity index is 1.75. The standard InChI is InChI=1S/C21H22N4O2S/c1-13-9-5-6-10-16(13)19-23-24-21(25(19)4)28-15(3)20(27)22-18-12-8-7-11-17(18)14(2)26/h5-12,15H,1-4H3,(H,22,27). The molecule has 1 N–H and O–H groups in total. The number of benzene rings is 2. The van der Waals surface area contributed by atoms with Gasteiger partial charge in [0.15, 0.2) is 16.8 Å². The van der Waals surface area contributed by atoms with Crippen LogP contribution in [0.4, 0.5) is 5.69 Å². The molecule has 0 aliphatic heterocycles. The molecule has 1 aromatic heterocycles. The Morgan fingerprint density at radius 2 is 1.75 bits per heavy atom. The van der Waals surface area contributed by atoms with E-state index in [1.165, 1.54) is 18.7 Å². The van der Waals surface area contributed by atoms with Crippen molar-refractivity contribution in [2.45, 2.75) is 31.2 Å². The molecule has 3 aromatic rings. The minimum atomic E-state index is -0.410. The molecule has 1 amide bonds. The Morgan fingerprint density at radius 1 is 1.07 bits per heavy atom. The first-order valence-corrected chi connectivity index (χ1v) is 9.79. The average molecular weight is 395 g/mol. The molecule has 0 spiro atoms. The van der Waals surface area contributed by atoms with Crippen LogP contribution in [-0.4, -0.2) is 31.7 Å². The normalized spacial score (nSPS) is 11.9. The fourth-order valence-electron chi connectivity index (χ4n) is 2.82. The van der Waals surface area contributed by atoms with Gasteiger partial charge in [-0.25, -0.2) is 0 Å². The van der Waals surface area contributed by atoms with Gasteiger partial charge in [0.05, 0.1) is 10.9 Å². The van der Waals surface area contributed by atoms with Gasteiger partial charge in [0.25, 0.3) is 0 Å². The van der Waals surface area contributed by atoms with E-state index < -0.39 is 5.25 Å². The van der Waals surface area contributed by atoms with Crippen molar-refractivity contribution in [2.24, 2.45) is 7.05 Å². The van der Waals surface area contributed by atoms with Crippen molar-refractivity contribution < 1.29 is 9.59 Å². The summed E-state index contributed by atoms with van der Waals surface area (Å²) in [6, 6.07) is 15.0. The first-order chi connectivity index (χ1) is 13.4. The maximum atomic E-state index is 12.6. The monoisotopic (exact) mass is 394 g/mol. The number of amides is 1. The lowest BCUT2D eigenvalue weighted by Crippen LogP contribution is -2.23. The molecular formula is C21H22N4O2S. The van der Waals surface area contributed by atoms with Gasteiger partial charge in [-0.2, -0.15) is 0 Å². The van der Waals surface area contributed by atoms with Crippen molar-refractivity contribution in [3.05, 3.63) is 59.7 Å². The summed E-state index contributed by atoms with van der Waals surface area (Å²) in [5.41, 5.74) is 3.14. The number of hydrogen-bond acceptors (Lipinski definition) is 5. The molecule has 1 heterocycles. The van der Waals surface area contributed by atoms with Crippen LogP contribution in [0, 0.1) is 6.92 Å². The molecule has 0 fully saturated rings. The summed E-state index contributed by atoms with van der Waals surface area (Å²) in [5.74, 6) is 0.474. The lowest BCUT2D eigenvalue weighted by atomic mass is 10.1. The first-order valence-electron chi connectivity index (χ1n) is 8.91. The number of carbonyl (C=O) groups excluding carboxylic acids is 2. The van der Waals surface area contributed by atoms with Crippen LogP contribution < -0.4 is 5.32 Å². The fourth-order valence-corrected chi connectivity index (χ4v) is 3.64. The number of aryl methyl sites for hydroxylation is 1. The van der Waals surface area contributed by atoms with Crippen molar-refractivity contribution in [3.8, 4) is 11.4 Å². The number of thioether (sulfide) groups is 1. The number of ketones is 1. The van der Waals surface area contributed by atoms with Gasteiger partial charge in [0, 0.05) is 18.2 Å². The van der Waals surface area contributed by atoms with Gasteiger partial charge in [0.1, 0.15) is 0 Å². The second-order valence-corrected chi connectivity index (χ2v) is 7.84. The third kappa shape index (κ3) is 4.14. The van der Waals surface area contributed by atoms with E-state index >= 15 is 0 Å². The predicted molar refractivity (Wildman–Crippen MR) is 112 cm³/mol. The van der Waals surface area contributed by atoms with Crippen LogP contribution in [0.5, 0.6) is 0 Å². The quantitative estimate of drug-likeness (QED) is 0.503. The van der Waals surface area contributed by atoms with E-state index in [1.807, 2.05) is 42.8 Å². The van der Waals surface area contributed by atoms with Crippen molar-refractivity contribution >= 4 is 29.1 Å². The van der Waals surface area contributed by atoms with E-state index in [1.54, 1.807) is 31.2 Å². The van der Waals surface area contributed by atoms with E-state index in [4.69, 9.17) is 0 Å². The SMILES string of the molecule is CC(=O)c1ccccc1NC(=O)C(C)Sc1nnc(-c2ccccc2C)n1C. The zero-order chi connectivity index (χ0) is 20.3. The fraction of sp³-hybridized carbons (Fsp3) is 0.238. The van der Waals surface area contributed by atoms with Crippen LogP contribution in [0.15, 0.2) is 53.7 Å². The van der Waals surface area contributed by atoms with Gasteiger partial charge < -0.3 is 9.88 Å². The topological polar surface area (TPSA) is 76.9 Å². The summed E-state index contributed by atoms with van der Waals surface area (Å²) in [6.07, 6.45) is 0. The zero-order valence-electron chi connectivity index (χ0n) is 16.3. The van der Waals surface area contributed by atoms with Crippen LogP contribution in [0.3, 0.4) is 0 Å². The van der Waals surface area contributed by atoms with Gasteiger partial charge in [-0.3, -0.25) is 9.59 Å². The summed E-state index contributed by atoms with van der Waals surface area (Å²) >= 11 is 1.33. The van der Waals surface area contributed by atoms with Crippen molar-refractivity contribution in [3.63, 3.8) is 0 Å². The molecule has 6 nitrogen and oxygen atoms in total. The summed E-state index contributed by atoms with van der Waals surface area (Å²) in [5, 5.41) is 11.6. The molecule has 1 unspecified atom stereocenters. The molecule has 144 valence electrons. The second-order valence-electron chi connectivity index (χ2n) is 6.53. The maximum Gasteiger partial charge on any atom is 0.237 e. The van der Waals surface area contributed by atoms with E-state index in [-0.39, 0.29) is 11.7 Å². The summed E-state index contributed by atoms with van der Waals surface area (Å²) in [7, 11) is 1.89. The Bertz CT molecular complexity index is 1030. The Labute approximate surface area is 168 Å². The third-order valence-corrected chi connectivity index (χ3v) is 5.57. The van der Waals surface area contributed by atoms with Crippen LogP contribution >= 0.6 is 11.8 Å². The highest BCUT2D eigenvalue weighted by molar-refractivity contribution is 8.00. The van der Waals surface area contributed by atoms with Gasteiger partial charge >= 0.3 is 0 Å². The van der Waals surface area contributed by atoms with Gasteiger partial charge in [0.2, 0.25) is 5.91 Å². The Kier molecular flexibility index (Phi) is 5.94. The summed E-state index contributed by atoms with van der Waals surface area (Å²) < 4.78 is 1.89. The molecule has 2 aromatic carbocycles. The second kappa shape index (κ2) is 8.39. The Morgan fingerprint density at radius 3 is 2.46 bits per heavy atom. The zero-order valence-corrected chi connectivity index (χ0v) is 17.1. The lowest BCUT2D eigenvalue weighted by Gasteiger charge is -2.13. The third-order valence-electron chi connectivity index (χ3n) is 4.44. The van der Waals surface area contributed by atoms with Gasteiger partial charge in [-0.15, -0.1) is 10.2 Å². The average Bonchev–Trinajstić information content (AvgIpc) is 3.02. The smallest absolute Gasteiger partial charge is 0.237 e. The van der Waals surface area contributed by atoms with E-state index in [9.17, 15) is 9.59 Å². The molecule has 0 saturated carbocycles. The van der Waals surface area contributed by atoms with Crippen LogP contribution in [-0.2, 0) is 11.8 Å². The number of para-hydroxylation sites is 1. The highest BCUT2D eigenvalue weighted by atomic mass is 32.2.